The van der Waals surface area contributed by atoms with E-state index < -0.39 is 11.6 Å². The fraction of sp³-hybridized carbons (Fsp3) is 0.286. The molecule has 0 aromatic heterocycles. The van der Waals surface area contributed by atoms with E-state index in [1.54, 1.807) is 0 Å². The topological polar surface area (TPSA) is 23.5 Å². The Morgan fingerprint density at radius 3 is 2.58 bits per heavy atom. The molecule has 1 atom stereocenters. The zero-order valence-corrected chi connectivity index (χ0v) is 11.0. The number of rotatable bonds is 1. The summed E-state index contributed by atoms with van der Waals surface area (Å²) in [6.45, 7) is 0.632. The van der Waals surface area contributed by atoms with Crippen molar-refractivity contribution in [3.8, 4) is 5.75 Å². The minimum Gasteiger partial charge on any atom is -0.507 e. The lowest BCUT2D eigenvalue weighted by atomic mass is 9.94. The predicted molar refractivity (Wildman–Crippen MR) is 72.3 cm³/mol. The summed E-state index contributed by atoms with van der Waals surface area (Å²) in [5.74, 6) is -1.14. The molecule has 19 heavy (non-hydrogen) atoms. The van der Waals surface area contributed by atoms with Gasteiger partial charge >= 0.3 is 0 Å². The molecule has 100 valence electrons. The van der Waals surface area contributed by atoms with Crippen molar-refractivity contribution in [2.24, 2.45) is 0 Å². The van der Waals surface area contributed by atoms with Crippen molar-refractivity contribution in [1.29, 1.82) is 0 Å². The molecule has 2 aromatic rings. The fourth-order valence-corrected chi connectivity index (χ4v) is 3.10. The summed E-state index contributed by atoms with van der Waals surface area (Å²) >= 11 is 5.93. The van der Waals surface area contributed by atoms with E-state index in [9.17, 15) is 13.9 Å². The summed E-state index contributed by atoms with van der Waals surface area (Å²) in [5, 5.41) is 10.0. The van der Waals surface area contributed by atoms with Gasteiger partial charge in [-0.05, 0) is 17.7 Å². The van der Waals surface area contributed by atoms with Crippen molar-refractivity contribution < 1.29 is 13.9 Å². The third-order valence-corrected chi connectivity index (χ3v) is 4.05. The van der Waals surface area contributed by atoms with Gasteiger partial charge in [-0.15, -0.1) is 11.6 Å². The Bertz CT molecular complexity index is 674. The van der Waals surface area contributed by atoms with Crippen molar-refractivity contribution in [3.05, 3.63) is 35.4 Å². The summed E-state index contributed by atoms with van der Waals surface area (Å²) in [4.78, 5) is 1.89. The lowest BCUT2D eigenvalue weighted by molar-refractivity contribution is 0.478. The highest BCUT2D eigenvalue weighted by atomic mass is 35.5. The zero-order valence-electron chi connectivity index (χ0n) is 10.3. The van der Waals surface area contributed by atoms with E-state index in [0.717, 1.165) is 12.1 Å². The smallest absolute Gasteiger partial charge is 0.134 e. The van der Waals surface area contributed by atoms with Gasteiger partial charge in [0.15, 0.2) is 0 Å². The molecule has 1 N–H and O–H groups in total. The Morgan fingerprint density at radius 1 is 1.32 bits per heavy atom. The van der Waals surface area contributed by atoms with E-state index in [1.165, 1.54) is 6.07 Å². The van der Waals surface area contributed by atoms with Gasteiger partial charge in [-0.1, -0.05) is 0 Å². The molecule has 0 aliphatic carbocycles. The highest BCUT2D eigenvalue weighted by Gasteiger charge is 2.31. The molecule has 0 spiro atoms. The summed E-state index contributed by atoms with van der Waals surface area (Å²) in [6, 6.07) is 3.59. The molecule has 2 aromatic carbocycles. The third-order valence-electron chi connectivity index (χ3n) is 3.68. The lowest BCUT2D eigenvalue weighted by Gasteiger charge is -2.14. The zero-order chi connectivity index (χ0) is 13.7. The summed E-state index contributed by atoms with van der Waals surface area (Å²) in [6.07, 6.45) is 0. The van der Waals surface area contributed by atoms with E-state index in [2.05, 4.69) is 0 Å². The number of halogens is 3. The van der Waals surface area contributed by atoms with Gasteiger partial charge in [0.1, 0.15) is 17.4 Å². The molecule has 0 saturated carbocycles. The molecule has 0 saturated heterocycles. The van der Waals surface area contributed by atoms with Crippen LogP contribution < -0.4 is 4.90 Å². The van der Waals surface area contributed by atoms with Crippen LogP contribution in [0.15, 0.2) is 18.2 Å². The number of fused-ring (bicyclic) bond motifs is 3. The lowest BCUT2D eigenvalue weighted by Crippen LogP contribution is -2.15. The quantitative estimate of drug-likeness (QED) is 0.809. The van der Waals surface area contributed by atoms with Crippen LogP contribution in [0.3, 0.4) is 0 Å². The van der Waals surface area contributed by atoms with E-state index in [4.69, 9.17) is 11.6 Å². The normalized spacial score (nSPS) is 18.1. The monoisotopic (exact) mass is 283 g/mol. The van der Waals surface area contributed by atoms with Crippen LogP contribution in [0.2, 0.25) is 0 Å². The minimum atomic E-state index is -0.625. The maximum Gasteiger partial charge on any atom is 0.134 e. The molecular formula is C14H12ClF2NO. The summed E-state index contributed by atoms with van der Waals surface area (Å²) < 4.78 is 27.9. The van der Waals surface area contributed by atoms with Gasteiger partial charge in [-0.25, -0.2) is 8.78 Å². The van der Waals surface area contributed by atoms with Crippen LogP contribution in [-0.2, 0) is 0 Å². The molecule has 2 nitrogen and oxygen atoms in total. The van der Waals surface area contributed by atoms with Crippen LogP contribution in [-0.4, -0.2) is 24.6 Å². The molecule has 0 radical (unpaired) electrons. The maximum atomic E-state index is 14.1. The standard InChI is InChI=1S/C14H12ClF2NO/c1-18-6-7(5-15)12-10(18)4-11(19)13-8(16)2-3-9(17)14(12)13/h2-4,7,19H,5-6H2,1H3/t7-/m1/s1. The van der Waals surface area contributed by atoms with Crippen molar-refractivity contribution in [2.75, 3.05) is 24.4 Å². The molecular weight excluding hydrogens is 272 g/mol. The number of hydrogen-bond donors (Lipinski definition) is 1. The van der Waals surface area contributed by atoms with Gasteiger partial charge in [-0.2, -0.15) is 0 Å². The molecule has 0 bridgehead atoms. The molecule has 1 heterocycles. The predicted octanol–water partition coefficient (Wildman–Crippen LogP) is 3.60. The van der Waals surface area contributed by atoms with Crippen molar-refractivity contribution in [3.63, 3.8) is 0 Å². The van der Waals surface area contributed by atoms with E-state index in [1.807, 2.05) is 11.9 Å². The van der Waals surface area contributed by atoms with Crippen LogP contribution in [0.5, 0.6) is 5.75 Å². The second-order valence-corrected chi connectivity index (χ2v) is 5.15. The van der Waals surface area contributed by atoms with Crippen LogP contribution in [0, 0.1) is 11.6 Å². The maximum absolute atomic E-state index is 14.1. The Labute approximate surface area is 114 Å². The fourth-order valence-electron chi connectivity index (χ4n) is 2.85. The summed E-state index contributed by atoms with van der Waals surface area (Å²) in [7, 11) is 1.84. The van der Waals surface area contributed by atoms with Crippen molar-refractivity contribution in [1.82, 2.24) is 0 Å². The van der Waals surface area contributed by atoms with Gasteiger partial charge in [0.2, 0.25) is 0 Å². The second-order valence-electron chi connectivity index (χ2n) is 4.84. The van der Waals surface area contributed by atoms with Crippen LogP contribution in [0.4, 0.5) is 14.5 Å². The molecule has 0 amide bonds. The number of anilines is 1. The molecule has 1 aliphatic rings. The number of alkyl halides is 1. The minimum absolute atomic E-state index is 0.0656. The van der Waals surface area contributed by atoms with Gasteiger partial charge in [-0.3, -0.25) is 0 Å². The van der Waals surface area contributed by atoms with E-state index >= 15 is 0 Å². The second kappa shape index (κ2) is 4.23. The Balaban J connectivity index is 2.48. The van der Waals surface area contributed by atoms with Crippen LogP contribution >= 0.6 is 11.6 Å². The Kier molecular flexibility index (Phi) is 2.78. The highest BCUT2D eigenvalue weighted by Crippen LogP contribution is 2.45. The number of benzene rings is 2. The molecule has 5 heteroatoms. The average Bonchev–Trinajstić information content (AvgIpc) is 2.70. The van der Waals surface area contributed by atoms with Gasteiger partial charge < -0.3 is 10.0 Å². The molecule has 0 fully saturated rings. The van der Waals surface area contributed by atoms with E-state index in [-0.39, 0.29) is 22.4 Å². The number of aromatic hydroxyl groups is 1. The number of hydrogen-bond acceptors (Lipinski definition) is 2. The number of nitrogens with zero attached hydrogens (tertiary/aromatic N) is 1. The highest BCUT2D eigenvalue weighted by molar-refractivity contribution is 6.18. The first-order chi connectivity index (χ1) is 9.04. The third kappa shape index (κ3) is 1.66. The molecule has 0 unspecified atom stereocenters. The van der Waals surface area contributed by atoms with Crippen molar-refractivity contribution >= 4 is 28.1 Å². The largest absolute Gasteiger partial charge is 0.507 e. The Morgan fingerprint density at radius 2 is 1.95 bits per heavy atom. The first kappa shape index (κ1) is 12.5. The van der Waals surface area contributed by atoms with Gasteiger partial charge in [0.05, 0.1) is 5.39 Å². The van der Waals surface area contributed by atoms with Crippen molar-refractivity contribution in [2.45, 2.75) is 5.92 Å². The Hall–Kier alpha value is -1.55. The van der Waals surface area contributed by atoms with Gasteiger partial charge in [0, 0.05) is 42.5 Å². The van der Waals surface area contributed by atoms with Crippen LogP contribution in [0.25, 0.3) is 10.8 Å². The van der Waals surface area contributed by atoms with E-state index in [0.29, 0.717) is 23.7 Å². The van der Waals surface area contributed by atoms with Crippen LogP contribution in [0.1, 0.15) is 11.5 Å². The van der Waals surface area contributed by atoms with Gasteiger partial charge in [0.25, 0.3) is 0 Å². The SMILES string of the molecule is CN1C[C@@H](CCl)c2c1cc(O)c1c(F)ccc(F)c21. The number of phenols is 1. The molecule has 3 rings (SSSR count). The summed E-state index contributed by atoms with van der Waals surface area (Å²) in [5.41, 5.74) is 1.39. The first-order valence-electron chi connectivity index (χ1n) is 5.95. The number of likely N-dealkylation sites (N-methyl/N-ethyl adjacent to an activating group) is 1. The number of phenolic OH excluding ortho intramolecular Hbond substituents is 1. The average molecular weight is 284 g/mol. The molecule has 1 aliphatic heterocycles. The first-order valence-corrected chi connectivity index (χ1v) is 6.48.